The van der Waals surface area contributed by atoms with Crippen LogP contribution in [0.4, 0.5) is 0 Å². The van der Waals surface area contributed by atoms with Crippen LogP contribution in [0.25, 0.3) is 0 Å². The lowest BCUT2D eigenvalue weighted by molar-refractivity contribution is -0.141. The lowest BCUT2D eigenvalue weighted by Crippen LogP contribution is -2.56. The van der Waals surface area contributed by atoms with E-state index < -0.39 is 0 Å². The van der Waals surface area contributed by atoms with E-state index in [0.717, 1.165) is 63.4 Å². The number of pyridine rings is 1. The summed E-state index contributed by atoms with van der Waals surface area (Å²) >= 11 is 0. The molecule has 144 valence electrons. The summed E-state index contributed by atoms with van der Waals surface area (Å²) in [5, 5.41) is 0. The Hall–Kier alpha value is -2.21. The van der Waals surface area contributed by atoms with Gasteiger partial charge in [0.05, 0.1) is 12.0 Å². The first-order valence-electron chi connectivity index (χ1n) is 10.1. The van der Waals surface area contributed by atoms with Gasteiger partial charge in [0.1, 0.15) is 0 Å². The zero-order valence-electron chi connectivity index (χ0n) is 16.1. The smallest absolute Gasteiger partial charge is 0.222 e. The molecule has 0 spiro atoms. The standard InChI is InChI=1S/C21H29N5O/c1-17-4-2-5-19(23-17)15-25-12-8-20-18(14-25)6-7-21(27)26(20)11-3-10-24-13-9-22-16-24/h2,4-5,9,13,16,18,20H,3,6-8,10-12,14-15H2,1H3. The molecular weight excluding hydrogens is 338 g/mol. The first kappa shape index (κ1) is 18.2. The van der Waals surface area contributed by atoms with Crippen LogP contribution in [0, 0.1) is 12.8 Å². The van der Waals surface area contributed by atoms with Crippen molar-refractivity contribution in [2.45, 2.75) is 51.7 Å². The van der Waals surface area contributed by atoms with Gasteiger partial charge in [0.25, 0.3) is 0 Å². The Balaban J connectivity index is 1.33. The highest BCUT2D eigenvalue weighted by molar-refractivity contribution is 5.77. The van der Waals surface area contributed by atoms with Crippen LogP contribution >= 0.6 is 0 Å². The van der Waals surface area contributed by atoms with E-state index >= 15 is 0 Å². The maximum Gasteiger partial charge on any atom is 0.222 e. The van der Waals surface area contributed by atoms with E-state index in [-0.39, 0.29) is 0 Å². The molecule has 2 fully saturated rings. The van der Waals surface area contributed by atoms with Crippen LogP contribution < -0.4 is 0 Å². The van der Waals surface area contributed by atoms with Gasteiger partial charge in [-0.3, -0.25) is 14.7 Å². The number of aryl methyl sites for hydroxylation is 2. The van der Waals surface area contributed by atoms with E-state index in [1.54, 1.807) is 6.20 Å². The number of hydrogen-bond acceptors (Lipinski definition) is 4. The molecule has 2 unspecified atom stereocenters. The van der Waals surface area contributed by atoms with Crippen molar-refractivity contribution in [3.05, 3.63) is 48.3 Å². The molecule has 4 heterocycles. The van der Waals surface area contributed by atoms with E-state index in [4.69, 9.17) is 0 Å². The highest BCUT2D eigenvalue weighted by Gasteiger charge is 2.38. The van der Waals surface area contributed by atoms with Crippen molar-refractivity contribution in [3.8, 4) is 0 Å². The molecule has 2 aliphatic rings. The monoisotopic (exact) mass is 367 g/mol. The summed E-state index contributed by atoms with van der Waals surface area (Å²) < 4.78 is 2.09. The third-order valence-corrected chi connectivity index (χ3v) is 5.93. The van der Waals surface area contributed by atoms with Crippen molar-refractivity contribution in [2.24, 2.45) is 5.92 Å². The van der Waals surface area contributed by atoms with Gasteiger partial charge in [-0.25, -0.2) is 4.98 Å². The molecule has 27 heavy (non-hydrogen) atoms. The zero-order chi connectivity index (χ0) is 18.6. The largest absolute Gasteiger partial charge is 0.339 e. The number of aromatic nitrogens is 3. The number of imidazole rings is 1. The SMILES string of the molecule is Cc1cccc(CN2CCC3C(CCC(=O)N3CCCn3ccnc3)C2)n1. The number of nitrogens with zero attached hydrogens (tertiary/aromatic N) is 5. The number of hydrogen-bond donors (Lipinski definition) is 0. The summed E-state index contributed by atoms with van der Waals surface area (Å²) in [6.07, 6.45) is 9.43. The van der Waals surface area contributed by atoms with Gasteiger partial charge in [-0.1, -0.05) is 6.07 Å². The summed E-state index contributed by atoms with van der Waals surface area (Å²) in [4.78, 5) is 26.0. The van der Waals surface area contributed by atoms with Crippen LogP contribution in [-0.4, -0.2) is 55.9 Å². The Morgan fingerprint density at radius 1 is 1.22 bits per heavy atom. The summed E-state index contributed by atoms with van der Waals surface area (Å²) in [7, 11) is 0. The first-order chi connectivity index (χ1) is 13.2. The van der Waals surface area contributed by atoms with Gasteiger partial charge in [-0.2, -0.15) is 0 Å². The Morgan fingerprint density at radius 3 is 2.96 bits per heavy atom. The maximum atomic E-state index is 12.5. The summed E-state index contributed by atoms with van der Waals surface area (Å²) in [5.41, 5.74) is 2.23. The van der Waals surface area contributed by atoms with Crippen LogP contribution in [0.15, 0.2) is 36.9 Å². The Bertz CT molecular complexity index is 760. The number of fused-ring (bicyclic) bond motifs is 1. The molecule has 2 aliphatic heterocycles. The lowest BCUT2D eigenvalue weighted by atomic mass is 9.83. The van der Waals surface area contributed by atoms with E-state index in [1.807, 2.05) is 25.5 Å². The van der Waals surface area contributed by atoms with Gasteiger partial charge in [-0.05, 0) is 44.2 Å². The molecule has 6 heteroatoms. The quantitative estimate of drug-likeness (QED) is 0.787. The van der Waals surface area contributed by atoms with Gasteiger partial charge in [0.15, 0.2) is 0 Å². The van der Waals surface area contributed by atoms with E-state index in [0.29, 0.717) is 24.3 Å². The highest BCUT2D eigenvalue weighted by atomic mass is 16.2. The van der Waals surface area contributed by atoms with Crippen LogP contribution in [0.3, 0.4) is 0 Å². The number of likely N-dealkylation sites (tertiary alicyclic amines) is 2. The van der Waals surface area contributed by atoms with Gasteiger partial charge >= 0.3 is 0 Å². The molecule has 6 nitrogen and oxygen atoms in total. The second kappa shape index (κ2) is 8.21. The fraction of sp³-hybridized carbons (Fsp3) is 0.571. The summed E-state index contributed by atoms with van der Waals surface area (Å²) in [6.45, 7) is 6.86. The van der Waals surface area contributed by atoms with Gasteiger partial charge in [-0.15, -0.1) is 0 Å². The normalized spacial score (nSPS) is 23.4. The van der Waals surface area contributed by atoms with Crippen LogP contribution in [0.1, 0.15) is 37.1 Å². The number of piperidine rings is 2. The first-order valence-corrected chi connectivity index (χ1v) is 10.1. The van der Waals surface area contributed by atoms with Gasteiger partial charge < -0.3 is 9.47 Å². The van der Waals surface area contributed by atoms with E-state index in [1.165, 1.54) is 0 Å². The lowest BCUT2D eigenvalue weighted by Gasteiger charge is -2.47. The molecule has 0 saturated carbocycles. The minimum Gasteiger partial charge on any atom is -0.339 e. The van der Waals surface area contributed by atoms with Crippen molar-refractivity contribution >= 4 is 5.91 Å². The Kier molecular flexibility index (Phi) is 5.53. The minimum absolute atomic E-state index is 0.343. The van der Waals surface area contributed by atoms with Crippen molar-refractivity contribution in [1.82, 2.24) is 24.3 Å². The van der Waals surface area contributed by atoms with Crippen LogP contribution in [-0.2, 0) is 17.9 Å². The molecule has 2 saturated heterocycles. The summed E-state index contributed by atoms with van der Waals surface area (Å²) in [6, 6.07) is 6.66. The topological polar surface area (TPSA) is 54.3 Å². The molecular formula is C21H29N5O. The predicted octanol–water partition coefficient (Wildman–Crippen LogP) is 2.49. The average Bonchev–Trinajstić information content (AvgIpc) is 3.17. The second-order valence-corrected chi connectivity index (χ2v) is 7.90. The van der Waals surface area contributed by atoms with E-state index in [9.17, 15) is 4.79 Å². The molecule has 1 amide bonds. The molecule has 0 N–H and O–H groups in total. The minimum atomic E-state index is 0.343. The van der Waals surface area contributed by atoms with Crippen molar-refractivity contribution in [2.75, 3.05) is 19.6 Å². The molecule has 0 aliphatic carbocycles. The fourth-order valence-corrected chi connectivity index (χ4v) is 4.62. The van der Waals surface area contributed by atoms with E-state index in [2.05, 4.69) is 36.5 Å². The number of amides is 1. The summed E-state index contributed by atoms with van der Waals surface area (Å²) in [5.74, 6) is 0.935. The van der Waals surface area contributed by atoms with Crippen molar-refractivity contribution in [1.29, 1.82) is 0 Å². The third-order valence-electron chi connectivity index (χ3n) is 5.93. The molecule has 2 aromatic heterocycles. The number of carbonyl (C=O) groups is 1. The average molecular weight is 367 g/mol. The number of carbonyl (C=O) groups excluding carboxylic acids is 1. The van der Waals surface area contributed by atoms with Crippen molar-refractivity contribution < 1.29 is 4.79 Å². The molecule has 0 aromatic carbocycles. The molecule has 4 rings (SSSR count). The molecule has 2 aromatic rings. The second-order valence-electron chi connectivity index (χ2n) is 7.90. The third kappa shape index (κ3) is 4.38. The fourth-order valence-electron chi connectivity index (χ4n) is 4.62. The molecule has 0 radical (unpaired) electrons. The maximum absolute atomic E-state index is 12.5. The highest BCUT2D eigenvalue weighted by Crippen LogP contribution is 2.32. The predicted molar refractivity (Wildman–Crippen MR) is 104 cm³/mol. The zero-order valence-corrected chi connectivity index (χ0v) is 16.1. The molecule has 0 bridgehead atoms. The Labute approximate surface area is 161 Å². The number of rotatable bonds is 6. The van der Waals surface area contributed by atoms with Gasteiger partial charge in [0.2, 0.25) is 5.91 Å². The van der Waals surface area contributed by atoms with Crippen molar-refractivity contribution in [3.63, 3.8) is 0 Å². The molecule has 2 atom stereocenters. The Morgan fingerprint density at radius 2 is 2.15 bits per heavy atom. The van der Waals surface area contributed by atoms with Crippen LogP contribution in [0.2, 0.25) is 0 Å². The van der Waals surface area contributed by atoms with Gasteiger partial charge in [0, 0.05) is 63.3 Å². The van der Waals surface area contributed by atoms with Crippen LogP contribution in [0.5, 0.6) is 0 Å².